The van der Waals surface area contributed by atoms with Crippen molar-refractivity contribution in [2.45, 2.75) is 33.1 Å². The van der Waals surface area contributed by atoms with Gasteiger partial charge in [0.25, 0.3) is 0 Å². The van der Waals surface area contributed by atoms with E-state index in [9.17, 15) is 14.7 Å². The molecule has 138 valence electrons. The fraction of sp³-hybridized carbons (Fsp3) is 0.227. The van der Waals surface area contributed by atoms with Gasteiger partial charge in [0.15, 0.2) is 0 Å². The van der Waals surface area contributed by atoms with E-state index < -0.39 is 5.97 Å². The minimum absolute atomic E-state index is 0.0365. The number of benzene rings is 2. The van der Waals surface area contributed by atoms with Crippen LogP contribution in [0.4, 0.5) is 5.69 Å². The minimum atomic E-state index is -1.01. The molecular formula is C22H22N2O3. The first-order valence-electron chi connectivity index (χ1n) is 8.72. The number of amides is 1. The molecular weight excluding hydrogens is 340 g/mol. The van der Waals surface area contributed by atoms with E-state index in [1.54, 1.807) is 24.3 Å². The minimum Gasteiger partial charge on any atom is -0.478 e. The highest BCUT2D eigenvalue weighted by Crippen LogP contribution is 2.29. The molecule has 3 aromatic rings. The van der Waals surface area contributed by atoms with Gasteiger partial charge < -0.3 is 10.4 Å². The van der Waals surface area contributed by atoms with E-state index in [0.29, 0.717) is 22.3 Å². The molecule has 0 bridgehead atoms. The van der Waals surface area contributed by atoms with Crippen LogP contribution in [0.15, 0.2) is 48.5 Å². The predicted octanol–water partition coefficient (Wildman–Crippen LogP) is 4.86. The van der Waals surface area contributed by atoms with Crippen LogP contribution in [0, 0.1) is 0 Å². The molecule has 3 rings (SSSR count). The van der Waals surface area contributed by atoms with Crippen molar-refractivity contribution < 1.29 is 14.7 Å². The summed E-state index contributed by atoms with van der Waals surface area (Å²) in [5, 5.41) is 12.9. The van der Waals surface area contributed by atoms with Gasteiger partial charge in [0, 0.05) is 23.6 Å². The van der Waals surface area contributed by atoms with E-state index >= 15 is 0 Å². The number of pyridine rings is 1. The summed E-state index contributed by atoms with van der Waals surface area (Å²) < 4.78 is 0. The smallest absolute Gasteiger partial charge is 0.336 e. The highest BCUT2D eigenvalue weighted by Gasteiger charge is 2.16. The van der Waals surface area contributed by atoms with Gasteiger partial charge >= 0.3 is 5.97 Å². The number of carbonyl (C=O) groups is 2. The third kappa shape index (κ3) is 3.97. The number of aromatic carboxylic acids is 1. The molecule has 5 heteroatoms. The van der Waals surface area contributed by atoms with Gasteiger partial charge in [0.05, 0.1) is 16.8 Å². The van der Waals surface area contributed by atoms with Gasteiger partial charge in [-0.3, -0.25) is 4.79 Å². The Bertz CT molecular complexity index is 1030. The Morgan fingerprint density at radius 3 is 2.22 bits per heavy atom. The van der Waals surface area contributed by atoms with Crippen molar-refractivity contribution in [3.8, 4) is 11.3 Å². The summed E-state index contributed by atoms with van der Waals surface area (Å²) in [5.41, 5.74) is 3.95. The standard InChI is InChI=1S/C22H22N2O3/c1-13(25)23-16-9-10-17-18(21(26)27)12-19(24-20(17)11-16)14-5-7-15(8-6-14)22(2,3)4/h5-12H,1-4H3,(H,23,25)(H,26,27). The molecule has 0 unspecified atom stereocenters. The monoisotopic (exact) mass is 362 g/mol. The van der Waals surface area contributed by atoms with Crippen molar-refractivity contribution in [1.82, 2.24) is 4.98 Å². The summed E-state index contributed by atoms with van der Waals surface area (Å²) in [4.78, 5) is 27.7. The molecule has 1 amide bonds. The summed E-state index contributed by atoms with van der Waals surface area (Å²) in [6, 6.07) is 14.6. The van der Waals surface area contributed by atoms with Gasteiger partial charge in [-0.2, -0.15) is 0 Å². The molecule has 0 radical (unpaired) electrons. The van der Waals surface area contributed by atoms with Gasteiger partial charge in [-0.15, -0.1) is 0 Å². The van der Waals surface area contributed by atoms with Crippen molar-refractivity contribution in [2.75, 3.05) is 5.32 Å². The van der Waals surface area contributed by atoms with Crippen molar-refractivity contribution in [3.63, 3.8) is 0 Å². The highest BCUT2D eigenvalue weighted by molar-refractivity contribution is 6.05. The molecule has 0 saturated carbocycles. The summed E-state index contributed by atoms with van der Waals surface area (Å²) in [7, 11) is 0. The number of aromatic nitrogens is 1. The molecule has 27 heavy (non-hydrogen) atoms. The highest BCUT2D eigenvalue weighted by atomic mass is 16.4. The largest absolute Gasteiger partial charge is 0.478 e. The fourth-order valence-corrected chi connectivity index (χ4v) is 2.98. The van der Waals surface area contributed by atoms with E-state index in [4.69, 9.17) is 0 Å². The maximum atomic E-state index is 11.7. The molecule has 0 aliphatic carbocycles. The first-order valence-corrected chi connectivity index (χ1v) is 8.72. The number of carboxylic acids is 1. The van der Waals surface area contributed by atoms with Crippen LogP contribution in [0.1, 0.15) is 43.6 Å². The lowest BCUT2D eigenvalue weighted by Gasteiger charge is -2.19. The zero-order valence-corrected chi connectivity index (χ0v) is 15.8. The lowest BCUT2D eigenvalue weighted by molar-refractivity contribution is -0.114. The van der Waals surface area contributed by atoms with Crippen LogP contribution in [0.2, 0.25) is 0 Å². The number of carbonyl (C=O) groups excluding carboxylic acids is 1. The Hall–Kier alpha value is -3.21. The number of nitrogens with one attached hydrogen (secondary N) is 1. The molecule has 0 spiro atoms. The summed E-state index contributed by atoms with van der Waals surface area (Å²) in [6.45, 7) is 7.85. The summed E-state index contributed by atoms with van der Waals surface area (Å²) in [6.07, 6.45) is 0. The Morgan fingerprint density at radius 1 is 1.00 bits per heavy atom. The number of fused-ring (bicyclic) bond motifs is 1. The molecule has 0 fully saturated rings. The van der Waals surface area contributed by atoms with Crippen LogP contribution in [-0.4, -0.2) is 22.0 Å². The number of nitrogens with zero attached hydrogens (tertiary/aromatic N) is 1. The third-order valence-corrected chi connectivity index (χ3v) is 4.41. The molecule has 1 heterocycles. The van der Waals surface area contributed by atoms with Gasteiger partial charge in [-0.25, -0.2) is 9.78 Å². The maximum Gasteiger partial charge on any atom is 0.336 e. The van der Waals surface area contributed by atoms with Crippen molar-refractivity contribution in [1.29, 1.82) is 0 Å². The molecule has 0 aliphatic rings. The number of carboxylic acid groups (broad SMARTS) is 1. The molecule has 2 N–H and O–H groups in total. The lowest BCUT2D eigenvalue weighted by Crippen LogP contribution is -2.10. The van der Waals surface area contributed by atoms with Crippen LogP contribution in [0.3, 0.4) is 0 Å². The second kappa shape index (κ2) is 6.83. The second-order valence-electron chi connectivity index (χ2n) is 7.60. The summed E-state index contributed by atoms with van der Waals surface area (Å²) >= 11 is 0. The Kier molecular flexibility index (Phi) is 4.70. The van der Waals surface area contributed by atoms with Crippen LogP contribution in [0.5, 0.6) is 0 Å². The molecule has 2 aromatic carbocycles. The zero-order chi connectivity index (χ0) is 19.8. The average Bonchev–Trinajstić information content (AvgIpc) is 2.59. The molecule has 1 aromatic heterocycles. The Labute approximate surface area is 158 Å². The van der Waals surface area contributed by atoms with E-state index in [2.05, 4.69) is 31.1 Å². The first kappa shape index (κ1) is 18.6. The molecule has 0 atom stereocenters. The van der Waals surface area contributed by atoms with Crippen molar-refractivity contribution >= 4 is 28.5 Å². The molecule has 5 nitrogen and oxygen atoms in total. The topological polar surface area (TPSA) is 79.3 Å². The van der Waals surface area contributed by atoms with E-state index in [1.807, 2.05) is 24.3 Å². The number of anilines is 1. The van der Waals surface area contributed by atoms with Crippen LogP contribution >= 0.6 is 0 Å². The third-order valence-electron chi connectivity index (χ3n) is 4.41. The average molecular weight is 362 g/mol. The molecule has 0 aliphatic heterocycles. The SMILES string of the molecule is CC(=O)Nc1ccc2c(C(=O)O)cc(-c3ccc(C(C)(C)C)cc3)nc2c1. The number of hydrogen-bond acceptors (Lipinski definition) is 3. The number of hydrogen-bond donors (Lipinski definition) is 2. The van der Waals surface area contributed by atoms with E-state index in [1.165, 1.54) is 12.5 Å². The van der Waals surface area contributed by atoms with E-state index in [0.717, 1.165) is 5.56 Å². The quantitative estimate of drug-likeness (QED) is 0.698. The van der Waals surface area contributed by atoms with E-state index in [-0.39, 0.29) is 16.9 Å². The maximum absolute atomic E-state index is 11.7. The summed E-state index contributed by atoms with van der Waals surface area (Å²) in [5.74, 6) is -1.20. The van der Waals surface area contributed by atoms with Gasteiger partial charge in [-0.05, 0) is 35.2 Å². The normalized spacial score (nSPS) is 11.4. The Morgan fingerprint density at radius 2 is 1.67 bits per heavy atom. The van der Waals surface area contributed by atoms with Gasteiger partial charge in [-0.1, -0.05) is 45.0 Å². The predicted molar refractivity (Wildman–Crippen MR) is 107 cm³/mol. The fourth-order valence-electron chi connectivity index (χ4n) is 2.98. The molecule has 0 saturated heterocycles. The number of rotatable bonds is 3. The van der Waals surface area contributed by atoms with Gasteiger partial charge in [0.2, 0.25) is 5.91 Å². The van der Waals surface area contributed by atoms with Gasteiger partial charge in [0.1, 0.15) is 0 Å². The first-order chi connectivity index (χ1) is 12.6. The van der Waals surface area contributed by atoms with Crippen molar-refractivity contribution in [3.05, 3.63) is 59.7 Å². The van der Waals surface area contributed by atoms with Crippen molar-refractivity contribution in [2.24, 2.45) is 0 Å². The second-order valence-corrected chi connectivity index (χ2v) is 7.60. The lowest BCUT2D eigenvalue weighted by atomic mass is 9.86. The van der Waals surface area contributed by atoms with Crippen LogP contribution in [0.25, 0.3) is 22.2 Å². The van der Waals surface area contributed by atoms with Crippen LogP contribution in [-0.2, 0) is 10.2 Å². The van der Waals surface area contributed by atoms with Crippen LogP contribution < -0.4 is 5.32 Å². The Balaban J connectivity index is 2.14. The zero-order valence-electron chi connectivity index (χ0n) is 15.8.